The van der Waals surface area contributed by atoms with Gasteiger partial charge in [0.2, 0.25) is 0 Å². The molecule has 8 heteroatoms. The van der Waals surface area contributed by atoms with Gasteiger partial charge in [0.15, 0.2) is 5.71 Å². The molecule has 1 aliphatic rings. The third-order valence-corrected chi connectivity index (χ3v) is 5.40. The second-order valence-corrected chi connectivity index (χ2v) is 7.45. The van der Waals surface area contributed by atoms with Gasteiger partial charge in [0.25, 0.3) is 5.91 Å². The predicted molar refractivity (Wildman–Crippen MR) is 109 cm³/mol. The van der Waals surface area contributed by atoms with Gasteiger partial charge in [-0.05, 0) is 25.0 Å². The molecule has 1 fully saturated rings. The lowest BCUT2D eigenvalue weighted by Crippen LogP contribution is -2.25. The Morgan fingerprint density at radius 2 is 1.97 bits per heavy atom. The molecule has 1 aliphatic carbocycles. The van der Waals surface area contributed by atoms with Crippen LogP contribution in [0.1, 0.15) is 37.0 Å². The number of amides is 1. The first-order valence-electron chi connectivity index (χ1n) is 9.39. The number of benzene rings is 2. The second kappa shape index (κ2) is 8.61. The number of carbonyl (C=O) groups is 1. The zero-order valence-electron chi connectivity index (χ0n) is 17.0. The highest BCUT2D eigenvalue weighted by Crippen LogP contribution is 2.55. The fourth-order valence-corrected chi connectivity index (χ4v) is 3.69. The molecule has 1 amide bonds. The smallest absolute Gasteiger partial charge is 0.271 e. The summed E-state index contributed by atoms with van der Waals surface area (Å²) in [5, 5.41) is 7.87. The highest BCUT2D eigenvalue weighted by atomic mass is 19.1. The number of rotatable bonds is 8. The van der Waals surface area contributed by atoms with E-state index in [2.05, 4.69) is 10.3 Å². The molecule has 6 nitrogen and oxygen atoms in total. The number of carbonyl (C=O) groups excluding carboxylic acids is 1. The van der Waals surface area contributed by atoms with Gasteiger partial charge >= 0.3 is 0 Å². The molecule has 2 unspecified atom stereocenters. The van der Waals surface area contributed by atoms with E-state index in [9.17, 15) is 13.6 Å². The van der Waals surface area contributed by atoms with Crippen molar-refractivity contribution in [3.63, 3.8) is 0 Å². The van der Waals surface area contributed by atoms with E-state index >= 15 is 0 Å². The van der Waals surface area contributed by atoms with Gasteiger partial charge in [0, 0.05) is 28.5 Å². The van der Waals surface area contributed by atoms with Crippen LogP contribution in [0, 0.1) is 17.6 Å². The van der Waals surface area contributed by atoms with E-state index in [1.807, 2.05) is 13.8 Å². The number of hydrogen-bond acceptors (Lipinski definition) is 5. The van der Waals surface area contributed by atoms with Crippen molar-refractivity contribution < 1.29 is 23.3 Å². The maximum absolute atomic E-state index is 14.2. The first kappa shape index (κ1) is 21.4. The summed E-state index contributed by atoms with van der Waals surface area (Å²) in [6.45, 7) is 3.81. The number of hydrogen-bond donors (Lipinski definition) is 1. The predicted octanol–water partition coefficient (Wildman–Crippen LogP) is 3.67. The third-order valence-electron chi connectivity index (χ3n) is 5.40. The molecule has 0 saturated heterocycles. The van der Waals surface area contributed by atoms with Crippen LogP contribution in [0.15, 0.2) is 52.8 Å². The maximum Gasteiger partial charge on any atom is 0.271 e. The van der Waals surface area contributed by atoms with E-state index in [-0.39, 0.29) is 18.2 Å². The molecule has 0 aromatic heterocycles. The van der Waals surface area contributed by atoms with Crippen LogP contribution in [0.25, 0.3) is 0 Å². The molecule has 0 spiro atoms. The minimum atomic E-state index is -0.723. The van der Waals surface area contributed by atoms with E-state index in [4.69, 9.17) is 15.4 Å². The van der Waals surface area contributed by atoms with Crippen molar-refractivity contribution in [1.29, 1.82) is 0 Å². The van der Waals surface area contributed by atoms with Crippen LogP contribution in [0.3, 0.4) is 0 Å². The molecule has 2 aromatic rings. The number of nitrogens with zero attached hydrogens (tertiary/aromatic N) is 2. The summed E-state index contributed by atoms with van der Waals surface area (Å²) in [7, 11) is 1.33. The molecule has 0 heterocycles. The van der Waals surface area contributed by atoms with Crippen molar-refractivity contribution in [3.05, 3.63) is 70.8 Å². The Morgan fingerprint density at radius 1 is 1.23 bits per heavy atom. The van der Waals surface area contributed by atoms with Gasteiger partial charge in [-0.25, -0.2) is 8.78 Å². The zero-order valence-corrected chi connectivity index (χ0v) is 17.0. The molecule has 2 aromatic carbocycles. The van der Waals surface area contributed by atoms with Crippen LogP contribution < -0.4 is 5.73 Å². The van der Waals surface area contributed by atoms with E-state index in [1.54, 1.807) is 24.3 Å². The van der Waals surface area contributed by atoms with Crippen LogP contribution in [0.4, 0.5) is 8.78 Å². The zero-order chi connectivity index (χ0) is 21.9. The highest BCUT2D eigenvalue weighted by molar-refractivity contribution is 6.45. The Kier molecular flexibility index (Phi) is 6.14. The average molecular weight is 415 g/mol. The lowest BCUT2D eigenvalue weighted by Gasteiger charge is -2.13. The van der Waals surface area contributed by atoms with Crippen molar-refractivity contribution >= 4 is 17.3 Å². The molecule has 2 atom stereocenters. The quantitative estimate of drug-likeness (QED) is 0.527. The molecule has 0 bridgehead atoms. The topological polar surface area (TPSA) is 86.3 Å². The first-order valence-corrected chi connectivity index (χ1v) is 9.39. The largest absolute Gasteiger partial charge is 0.398 e. The summed E-state index contributed by atoms with van der Waals surface area (Å²) in [5.41, 5.74) is 7.25. The number of oxime groups is 2. The number of nitrogens with two attached hydrogens (primary N) is 1. The van der Waals surface area contributed by atoms with Gasteiger partial charge in [0.1, 0.15) is 25.4 Å². The van der Waals surface area contributed by atoms with Crippen molar-refractivity contribution in [1.82, 2.24) is 0 Å². The monoisotopic (exact) mass is 415 g/mol. The Labute approximate surface area is 173 Å². The van der Waals surface area contributed by atoms with E-state index in [1.165, 1.54) is 19.2 Å². The first-order chi connectivity index (χ1) is 14.3. The normalized spacial score (nSPS) is 21.3. The highest BCUT2D eigenvalue weighted by Gasteiger charge is 2.54. The minimum absolute atomic E-state index is 0.0102. The molecule has 0 radical (unpaired) electrons. The van der Waals surface area contributed by atoms with Crippen molar-refractivity contribution in [3.8, 4) is 0 Å². The van der Waals surface area contributed by atoms with Crippen molar-refractivity contribution in [2.24, 2.45) is 22.0 Å². The van der Waals surface area contributed by atoms with Gasteiger partial charge < -0.3 is 15.4 Å². The minimum Gasteiger partial charge on any atom is -0.398 e. The molecule has 3 rings (SSSR count). The summed E-state index contributed by atoms with van der Waals surface area (Å²) in [6, 6.07) is 10.6. The van der Waals surface area contributed by atoms with Gasteiger partial charge in [-0.15, -0.1) is 0 Å². The summed E-state index contributed by atoms with van der Waals surface area (Å²) in [5.74, 6) is -1.89. The summed E-state index contributed by atoms with van der Waals surface area (Å²) in [6.07, 6.45) is 0.692. The molecular formula is C22H23F2N3O3. The Balaban J connectivity index is 1.71. The van der Waals surface area contributed by atoms with Crippen molar-refractivity contribution in [2.45, 2.75) is 32.3 Å². The molecule has 2 N–H and O–H groups in total. The summed E-state index contributed by atoms with van der Waals surface area (Å²) < 4.78 is 27.4. The number of primary amides is 1. The SMILES string of the molecule is CON=C(C(N)=O)c1ccccc1CON=C(C)C1CC1(C)c1ccc(F)cc1F. The summed E-state index contributed by atoms with van der Waals surface area (Å²) >= 11 is 0. The summed E-state index contributed by atoms with van der Waals surface area (Å²) in [4.78, 5) is 21.9. The van der Waals surface area contributed by atoms with E-state index in [0.29, 0.717) is 28.8 Å². The Bertz CT molecular complexity index is 1020. The second-order valence-electron chi connectivity index (χ2n) is 7.45. The fraction of sp³-hybridized carbons (Fsp3) is 0.318. The van der Waals surface area contributed by atoms with Gasteiger partial charge in [-0.1, -0.05) is 47.6 Å². The van der Waals surface area contributed by atoms with Gasteiger partial charge in [0.05, 0.1) is 5.71 Å². The van der Waals surface area contributed by atoms with Gasteiger partial charge in [-0.3, -0.25) is 4.79 Å². The number of halogens is 2. The standard InChI is InChI=1S/C22H23F2N3O3/c1-13(18-11-22(18,2)17-9-8-15(23)10-19(17)24)26-30-12-14-6-4-5-7-16(14)20(21(25)28)27-29-3/h4-10,18H,11-12H2,1-3H3,(H2,25,28). The van der Waals surface area contributed by atoms with Crippen LogP contribution >= 0.6 is 0 Å². The van der Waals surface area contributed by atoms with Crippen LogP contribution in [0.2, 0.25) is 0 Å². The van der Waals surface area contributed by atoms with Crippen LogP contribution in [-0.2, 0) is 26.5 Å². The molecule has 1 saturated carbocycles. The fourth-order valence-electron chi connectivity index (χ4n) is 3.69. The molecule has 0 aliphatic heterocycles. The van der Waals surface area contributed by atoms with Gasteiger partial charge in [-0.2, -0.15) is 0 Å². The molecular weight excluding hydrogens is 392 g/mol. The lowest BCUT2D eigenvalue weighted by molar-refractivity contribution is -0.112. The Morgan fingerprint density at radius 3 is 2.63 bits per heavy atom. The maximum atomic E-state index is 14.2. The third kappa shape index (κ3) is 4.32. The average Bonchev–Trinajstić information content (AvgIpc) is 3.39. The lowest BCUT2D eigenvalue weighted by atomic mass is 9.93. The molecule has 30 heavy (non-hydrogen) atoms. The van der Waals surface area contributed by atoms with Crippen molar-refractivity contribution in [2.75, 3.05) is 7.11 Å². The van der Waals surface area contributed by atoms with E-state index in [0.717, 1.165) is 6.07 Å². The van der Waals surface area contributed by atoms with Crippen LogP contribution in [-0.4, -0.2) is 24.4 Å². The van der Waals surface area contributed by atoms with E-state index < -0.39 is 23.0 Å². The Hall–Kier alpha value is -3.29. The molecule has 158 valence electrons. The van der Waals surface area contributed by atoms with Crippen LogP contribution in [0.5, 0.6) is 0 Å².